The highest BCUT2D eigenvalue weighted by atomic mass is 16.6. The van der Waals surface area contributed by atoms with E-state index < -0.39 is 41.1 Å². The molecule has 8 heteroatoms. The molecule has 3 heterocycles. The number of hydrogen-bond acceptors (Lipinski definition) is 6. The Morgan fingerprint density at radius 2 is 2.03 bits per heavy atom. The molecular weight excluding hydrogens is 424 g/mol. The molecule has 3 fully saturated rings. The molecule has 33 heavy (non-hydrogen) atoms. The summed E-state index contributed by atoms with van der Waals surface area (Å²) < 4.78 is 11.8. The minimum Gasteiger partial charge on any atom is -0.465 e. The fourth-order valence-electron chi connectivity index (χ4n) is 5.64. The number of hydrogen-bond donors (Lipinski definition) is 1. The van der Waals surface area contributed by atoms with Gasteiger partial charge in [0.25, 0.3) is 0 Å². The van der Waals surface area contributed by atoms with Crippen LogP contribution in [0.2, 0.25) is 0 Å². The van der Waals surface area contributed by atoms with E-state index in [0.29, 0.717) is 45.2 Å². The maximum atomic E-state index is 14.0. The van der Waals surface area contributed by atoms with Gasteiger partial charge in [0.05, 0.1) is 24.5 Å². The zero-order valence-electron chi connectivity index (χ0n) is 20.1. The van der Waals surface area contributed by atoms with Gasteiger partial charge in [-0.25, -0.2) is 0 Å². The second kappa shape index (κ2) is 9.97. The van der Waals surface area contributed by atoms with Crippen molar-refractivity contribution < 1.29 is 29.0 Å². The van der Waals surface area contributed by atoms with Crippen LogP contribution in [0, 0.1) is 11.8 Å². The largest absolute Gasteiger partial charge is 0.465 e. The van der Waals surface area contributed by atoms with E-state index >= 15 is 0 Å². The van der Waals surface area contributed by atoms with Crippen LogP contribution in [0.5, 0.6) is 0 Å². The Kier molecular flexibility index (Phi) is 7.69. The molecule has 0 radical (unpaired) electrons. The van der Waals surface area contributed by atoms with Gasteiger partial charge in [-0.05, 0) is 52.9 Å². The number of rotatable bonds is 11. The van der Waals surface area contributed by atoms with Crippen molar-refractivity contribution in [3.8, 4) is 0 Å². The molecule has 0 aromatic carbocycles. The van der Waals surface area contributed by atoms with Crippen molar-refractivity contribution in [1.29, 1.82) is 0 Å². The van der Waals surface area contributed by atoms with E-state index in [9.17, 15) is 19.5 Å². The van der Waals surface area contributed by atoms with E-state index in [2.05, 4.69) is 13.2 Å². The zero-order chi connectivity index (χ0) is 24.4. The molecule has 5 atom stereocenters. The van der Waals surface area contributed by atoms with Crippen LogP contribution in [0.4, 0.5) is 0 Å². The number of carbonyl (C=O) groups is 3. The topological polar surface area (TPSA) is 96.4 Å². The average molecular weight is 463 g/mol. The predicted molar refractivity (Wildman–Crippen MR) is 123 cm³/mol. The van der Waals surface area contributed by atoms with Gasteiger partial charge in [0.1, 0.15) is 11.6 Å². The van der Waals surface area contributed by atoms with E-state index in [-0.39, 0.29) is 25.0 Å². The Morgan fingerprint density at radius 3 is 2.64 bits per heavy atom. The van der Waals surface area contributed by atoms with Gasteiger partial charge >= 0.3 is 5.97 Å². The molecule has 3 saturated heterocycles. The van der Waals surface area contributed by atoms with Crippen LogP contribution < -0.4 is 0 Å². The van der Waals surface area contributed by atoms with E-state index in [1.54, 1.807) is 22.0 Å². The Hall–Kier alpha value is -2.19. The average Bonchev–Trinajstić information content (AvgIpc) is 3.39. The molecule has 0 aromatic rings. The molecule has 1 spiro atoms. The van der Waals surface area contributed by atoms with Crippen molar-refractivity contribution in [2.75, 3.05) is 26.3 Å². The number of nitrogens with zero attached hydrogens (tertiary/aromatic N) is 2. The fraction of sp³-hybridized carbons (Fsp3) is 0.720. The maximum Gasteiger partial charge on any atom is 0.312 e. The number of carbonyl (C=O) groups excluding carboxylic acids is 3. The van der Waals surface area contributed by atoms with Crippen LogP contribution in [0.1, 0.15) is 52.9 Å². The smallest absolute Gasteiger partial charge is 0.312 e. The first-order valence-electron chi connectivity index (χ1n) is 11.9. The highest BCUT2D eigenvalue weighted by molar-refractivity contribution is 5.98. The number of aliphatic hydroxyl groups excluding tert-OH is 1. The molecule has 3 aliphatic heterocycles. The van der Waals surface area contributed by atoms with E-state index in [1.807, 2.05) is 20.8 Å². The summed E-state index contributed by atoms with van der Waals surface area (Å²) >= 11 is 0. The Morgan fingerprint density at radius 1 is 1.30 bits per heavy atom. The normalized spacial score (nSPS) is 30.3. The first-order valence-corrected chi connectivity index (χ1v) is 11.9. The number of esters is 1. The van der Waals surface area contributed by atoms with Gasteiger partial charge in [-0.2, -0.15) is 0 Å². The number of unbranched alkanes of at least 4 members (excludes halogenated alkanes) is 1. The molecule has 0 aromatic heterocycles. The monoisotopic (exact) mass is 462 g/mol. The Bertz CT molecular complexity index is 790. The lowest BCUT2D eigenvalue weighted by atomic mass is 9.70. The SMILES string of the molecule is C=CCCOC(=O)[C@@H]1[C@@H]2CCC3(O2)C(C(=O)N(CC=C)C(C)(C)C)N(CCCCO)C(=O)[C@H]13. The first-order chi connectivity index (χ1) is 15.6. The summed E-state index contributed by atoms with van der Waals surface area (Å²) in [6, 6.07) is -0.816. The van der Waals surface area contributed by atoms with Gasteiger partial charge in [-0.3, -0.25) is 14.4 Å². The van der Waals surface area contributed by atoms with Crippen LogP contribution in [0.15, 0.2) is 25.3 Å². The van der Waals surface area contributed by atoms with Gasteiger partial charge in [0.2, 0.25) is 11.8 Å². The van der Waals surface area contributed by atoms with Crippen LogP contribution in [-0.2, 0) is 23.9 Å². The summed E-state index contributed by atoms with van der Waals surface area (Å²) in [5.74, 6) is -2.31. The van der Waals surface area contributed by atoms with Gasteiger partial charge < -0.3 is 24.4 Å². The van der Waals surface area contributed by atoms with Crippen molar-refractivity contribution in [3.63, 3.8) is 0 Å². The lowest BCUT2D eigenvalue weighted by molar-refractivity contribution is -0.155. The number of likely N-dealkylation sites (tertiary alicyclic amines) is 1. The van der Waals surface area contributed by atoms with Gasteiger partial charge in [-0.1, -0.05) is 12.2 Å². The molecule has 0 saturated carbocycles. The van der Waals surface area contributed by atoms with Crippen LogP contribution >= 0.6 is 0 Å². The number of fused-ring (bicyclic) bond motifs is 1. The van der Waals surface area contributed by atoms with E-state index in [4.69, 9.17) is 9.47 Å². The molecular formula is C25H38N2O6. The minimum absolute atomic E-state index is 0.0105. The minimum atomic E-state index is -1.04. The quantitative estimate of drug-likeness (QED) is 0.287. The summed E-state index contributed by atoms with van der Waals surface area (Å²) in [5, 5.41) is 9.25. The number of ether oxygens (including phenoxy) is 2. The van der Waals surface area contributed by atoms with E-state index in [1.165, 1.54) is 0 Å². The fourth-order valence-corrected chi connectivity index (χ4v) is 5.64. The number of amides is 2. The predicted octanol–water partition coefficient (Wildman–Crippen LogP) is 2.07. The van der Waals surface area contributed by atoms with Crippen molar-refractivity contribution >= 4 is 17.8 Å². The van der Waals surface area contributed by atoms with Crippen LogP contribution in [0.3, 0.4) is 0 Å². The van der Waals surface area contributed by atoms with Crippen molar-refractivity contribution in [1.82, 2.24) is 9.80 Å². The standard InChI is InChI=1S/C25H38N2O6/c1-6-8-16-32-23(31)18-17-11-12-25(33-17)19(18)21(29)26(14-9-10-15-28)20(25)22(30)27(13-7-2)24(3,4)5/h6-7,17-20,28H,1-2,8-16H2,3-5H3/t17-,18+,19-,20?,25?/m0/s1. The third-order valence-electron chi connectivity index (χ3n) is 7.07. The number of aliphatic hydroxyl groups is 1. The second-order valence-electron chi connectivity index (χ2n) is 10.2. The molecule has 3 rings (SSSR count). The first kappa shape index (κ1) is 25.4. The molecule has 0 aliphatic carbocycles. The van der Waals surface area contributed by atoms with Crippen molar-refractivity contribution in [2.45, 2.75) is 76.2 Å². The summed E-state index contributed by atoms with van der Waals surface area (Å²) in [6.45, 7) is 14.2. The molecule has 8 nitrogen and oxygen atoms in total. The van der Waals surface area contributed by atoms with Crippen molar-refractivity contribution in [2.24, 2.45) is 11.8 Å². The maximum absolute atomic E-state index is 14.0. The molecule has 2 amide bonds. The third-order valence-corrected chi connectivity index (χ3v) is 7.07. The Balaban J connectivity index is 1.98. The zero-order valence-corrected chi connectivity index (χ0v) is 20.1. The summed E-state index contributed by atoms with van der Waals surface area (Å²) in [7, 11) is 0. The lowest BCUT2D eigenvalue weighted by Crippen LogP contribution is -2.59. The molecule has 184 valence electrons. The molecule has 2 bridgehead atoms. The molecule has 3 aliphatic rings. The van der Waals surface area contributed by atoms with E-state index in [0.717, 1.165) is 0 Å². The van der Waals surface area contributed by atoms with Crippen molar-refractivity contribution in [3.05, 3.63) is 25.3 Å². The van der Waals surface area contributed by atoms with Gasteiger partial charge in [-0.15, -0.1) is 13.2 Å². The summed E-state index contributed by atoms with van der Waals surface area (Å²) in [4.78, 5) is 44.0. The van der Waals surface area contributed by atoms with Crippen LogP contribution in [-0.4, -0.2) is 82.3 Å². The third kappa shape index (κ3) is 4.47. The van der Waals surface area contributed by atoms with Gasteiger partial charge in [0.15, 0.2) is 0 Å². The summed E-state index contributed by atoms with van der Waals surface area (Å²) in [5.41, 5.74) is -1.52. The molecule has 1 N–H and O–H groups in total. The van der Waals surface area contributed by atoms with Crippen LogP contribution in [0.25, 0.3) is 0 Å². The van der Waals surface area contributed by atoms with Gasteiger partial charge in [0, 0.05) is 25.2 Å². The second-order valence-corrected chi connectivity index (χ2v) is 10.2. The Labute approximate surface area is 196 Å². The highest BCUT2D eigenvalue weighted by Crippen LogP contribution is 2.59. The summed E-state index contributed by atoms with van der Waals surface area (Å²) in [6.07, 6.45) is 5.69. The molecule has 2 unspecified atom stereocenters. The lowest BCUT2D eigenvalue weighted by Gasteiger charge is -2.42. The highest BCUT2D eigenvalue weighted by Gasteiger charge is 2.75.